The molecule has 0 spiro atoms. The number of nitrogens with zero attached hydrogens (tertiary/aromatic N) is 2. The van der Waals surface area contributed by atoms with Gasteiger partial charge in [-0.15, -0.1) is 0 Å². The van der Waals surface area contributed by atoms with Gasteiger partial charge >= 0.3 is 5.97 Å². The number of benzene rings is 3. The highest BCUT2D eigenvalue weighted by atomic mass is 35.5. The summed E-state index contributed by atoms with van der Waals surface area (Å²) in [5, 5.41) is 9.56. The monoisotopic (exact) mass is 524 g/mol. The van der Waals surface area contributed by atoms with E-state index in [2.05, 4.69) is 0 Å². The summed E-state index contributed by atoms with van der Waals surface area (Å²) < 4.78 is 10.4. The highest BCUT2D eigenvalue weighted by molar-refractivity contribution is 6.30. The molecule has 0 aliphatic carbocycles. The smallest absolute Gasteiger partial charge is 0.303 e. The number of ether oxygens (including phenoxy) is 2. The maximum absolute atomic E-state index is 13.4. The molecule has 9 heteroatoms. The maximum atomic E-state index is 13.4. The molecule has 0 aliphatic heterocycles. The number of aliphatic carboxylic acids is 1. The normalized spacial score (nSPS) is 10.5. The van der Waals surface area contributed by atoms with Crippen LogP contribution < -0.4 is 19.3 Å². The summed E-state index contributed by atoms with van der Waals surface area (Å²) in [6.07, 6.45) is 0.246. The Morgan fingerprint density at radius 2 is 1.24 bits per heavy atom. The van der Waals surface area contributed by atoms with Crippen molar-refractivity contribution in [1.82, 2.24) is 0 Å². The molecule has 194 valence electrons. The number of carbonyl (C=O) groups excluding carboxylic acids is 2. The Hall–Kier alpha value is -4.04. The molecule has 3 aromatic carbocycles. The molecule has 37 heavy (non-hydrogen) atoms. The van der Waals surface area contributed by atoms with E-state index in [9.17, 15) is 14.4 Å². The predicted octanol–water partition coefficient (Wildman–Crippen LogP) is 5.29. The zero-order chi connectivity index (χ0) is 26.8. The molecular weight excluding hydrogens is 496 g/mol. The van der Waals surface area contributed by atoms with E-state index < -0.39 is 5.97 Å². The topological polar surface area (TPSA) is 96.4 Å². The van der Waals surface area contributed by atoms with Crippen LogP contribution in [0.1, 0.15) is 29.6 Å². The highest BCUT2D eigenvalue weighted by Crippen LogP contribution is 2.24. The van der Waals surface area contributed by atoms with Gasteiger partial charge in [-0.1, -0.05) is 11.6 Å². The zero-order valence-corrected chi connectivity index (χ0v) is 21.5. The number of rotatable bonds is 12. The van der Waals surface area contributed by atoms with Crippen LogP contribution in [0.2, 0.25) is 5.02 Å². The molecule has 2 amide bonds. The second-order valence-corrected chi connectivity index (χ2v) is 8.59. The molecule has 3 aromatic rings. The number of hydrogen-bond donors (Lipinski definition) is 1. The van der Waals surface area contributed by atoms with Crippen LogP contribution >= 0.6 is 11.6 Å². The predicted molar refractivity (Wildman–Crippen MR) is 143 cm³/mol. The molecule has 1 N–H and O–H groups in total. The van der Waals surface area contributed by atoms with Crippen LogP contribution in [0, 0.1) is 0 Å². The molecule has 0 saturated heterocycles. The third-order valence-corrected chi connectivity index (χ3v) is 5.98. The summed E-state index contributed by atoms with van der Waals surface area (Å²) in [6.45, 7) is 0.337. The van der Waals surface area contributed by atoms with E-state index in [1.165, 1.54) is 4.90 Å². The number of halogens is 1. The Morgan fingerprint density at radius 1 is 0.730 bits per heavy atom. The fourth-order valence-electron chi connectivity index (χ4n) is 3.75. The van der Waals surface area contributed by atoms with Crippen molar-refractivity contribution in [3.05, 3.63) is 83.4 Å². The molecule has 0 unspecified atom stereocenters. The molecule has 0 saturated carbocycles. The average molecular weight is 525 g/mol. The third-order valence-electron chi connectivity index (χ3n) is 5.73. The largest absolute Gasteiger partial charge is 0.497 e. The summed E-state index contributed by atoms with van der Waals surface area (Å²) in [5.74, 6) is -0.167. The van der Waals surface area contributed by atoms with E-state index in [1.807, 2.05) is 0 Å². The van der Waals surface area contributed by atoms with E-state index in [0.29, 0.717) is 39.9 Å². The van der Waals surface area contributed by atoms with Gasteiger partial charge in [0.25, 0.3) is 5.91 Å². The van der Waals surface area contributed by atoms with Crippen LogP contribution in [-0.2, 0) is 9.59 Å². The van der Waals surface area contributed by atoms with Crippen LogP contribution in [0.25, 0.3) is 0 Å². The average Bonchev–Trinajstić information content (AvgIpc) is 2.91. The zero-order valence-electron chi connectivity index (χ0n) is 20.7. The molecule has 8 nitrogen and oxygen atoms in total. The van der Waals surface area contributed by atoms with Crippen LogP contribution in [0.3, 0.4) is 0 Å². The summed E-state index contributed by atoms with van der Waals surface area (Å²) in [4.78, 5) is 40.9. The van der Waals surface area contributed by atoms with Gasteiger partial charge in [0.1, 0.15) is 11.5 Å². The number of carbonyl (C=O) groups is 3. The number of hydrogen-bond acceptors (Lipinski definition) is 5. The summed E-state index contributed by atoms with van der Waals surface area (Å²) >= 11 is 5.99. The van der Waals surface area contributed by atoms with Gasteiger partial charge in [0.2, 0.25) is 5.91 Å². The lowest BCUT2D eigenvalue weighted by atomic mass is 10.1. The van der Waals surface area contributed by atoms with Crippen LogP contribution in [0.15, 0.2) is 72.8 Å². The standard InChI is InChI=1S/C28H29ClN2O6/c1-36-24-13-9-22(10-14-24)30(18-3-4-27(33)34)26(32)17-19-31(23-11-15-25(37-2)16-12-23)28(35)20-5-7-21(29)8-6-20/h5-16H,3-4,17-19H2,1-2H3,(H,33,34). The van der Waals surface area contributed by atoms with Crippen LogP contribution in [0.5, 0.6) is 11.5 Å². The van der Waals surface area contributed by atoms with Gasteiger partial charge in [0.15, 0.2) is 0 Å². The quantitative estimate of drug-likeness (QED) is 0.346. The number of carboxylic acids is 1. The molecule has 3 rings (SSSR count). The molecule has 0 aliphatic rings. The third kappa shape index (κ3) is 7.72. The minimum absolute atomic E-state index is 0.0183. The van der Waals surface area contributed by atoms with E-state index >= 15 is 0 Å². The Balaban J connectivity index is 1.83. The van der Waals surface area contributed by atoms with Crippen molar-refractivity contribution in [2.75, 3.05) is 37.1 Å². The first-order valence-electron chi connectivity index (χ1n) is 11.7. The van der Waals surface area contributed by atoms with Gasteiger partial charge in [0.05, 0.1) is 14.2 Å². The number of carboxylic acid groups (broad SMARTS) is 1. The second kappa shape index (κ2) is 13.3. The summed E-state index contributed by atoms with van der Waals surface area (Å²) in [5.41, 5.74) is 1.66. The molecule has 0 fully saturated rings. The van der Waals surface area contributed by atoms with Crippen molar-refractivity contribution in [2.24, 2.45) is 0 Å². The number of anilines is 2. The van der Waals surface area contributed by atoms with Crippen LogP contribution in [-0.4, -0.2) is 50.2 Å². The molecule has 0 radical (unpaired) electrons. The van der Waals surface area contributed by atoms with Crippen molar-refractivity contribution >= 4 is 40.8 Å². The number of amides is 2. The van der Waals surface area contributed by atoms with E-state index in [4.69, 9.17) is 26.2 Å². The summed E-state index contributed by atoms with van der Waals surface area (Å²) in [7, 11) is 3.11. The van der Waals surface area contributed by atoms with E-state index in [-0.39, 0.29) is 37.7 Å². The van der Waals surface area contributed by atoms with Gasteiger partial charge in [-0.25, -0.2) is 0 Å². The molecule has 0 aromatic heterocycles. The minimum Gasteiger partial charge on any atom is -0.497 e. The number of methoxy groups -OCH3 is 2. The molecule has 0 bridgehead atoms. The van der Waals surface area contributed by atoms with E-state index in [1.54, 1.807) is 91.9 Å². The maximum Gasteiger partial charge on any atom is 0.303 e. The van der Waals surface area contributed by atoms with Crippen molar-refractivity contribution in [3.8, 4) is 11.5 Å². The van der Waals surface area contributed by atoms with Crippen molar-refractivity contribution in [1.29, 1.82) is 0 Å². The lowest BCUT2D eigenvalue weighted by molar-refractivity contribution is -0.137. The van der Waals surface area contributed by atoms with Gasteiger partial charge < -0.3 is 24.4 Å². The highest BCUT2D eigenvalue weighted by Gasteiger charge is 2.22. The minimum atomic E-state index is -0.929. The second-order valence-electron chi connectivity index (χ2n) is 8.15. The lowest BCUT2D eigenvalue weighted by Gasteiger charge is -2.26. The van der Waals surface area contributed by atoms with E-state index in [0.717, 1.165) is 0 Å². The fraction of sp³-hybridized carbons (Fsp3) is 0.250. The van der Waals surface area contributed by atoms with Gasteiger partial charge in [-0.05, 0) is 79.2 Å². The first kappa shape index (κ1) is 27.5. The van der Waals surface area contributed by atoms with Gasteiger partial charge in [0, 0.05) is 47.9 Å². The summed E-state index contributed by atoms with van der Waals surface area (Å²) in [6, 6.07) is 20.5. The first-order chi connectivity index (χ1) is 17.8. The first-order valence-corrected chi connectivity index (χ1v) is 12.1. The Kier molecular flexibility index (Phi) is 9.92. The fourth-order valence-corrected chi connectivity index (χ4v) is 3.88. The molecule has 0 heterocycles. The van der Waals surface area contributed by atoms with Crippen molar-refractivity contribution in [2.45, 2.75) is 19.3 Å². The Labute approximate surface area is 221 Å². The SMILES string of the molecule is COc1ccc(N(CCCC(=O)O)C(=O)CCN(C(=O)c2ccc(Cl)cc2)c2ccc(OC)cc2)cc1. The molecular formula is C28H29ClN2O6. The van der Waals surface area contributed by atoms with Crippen molar-refractivity contribution < 1.29 is 29.0 Å². The van der Waals surface area contributed by atoms with Crippen molar-refractivity contribution in [3.63, 3.8) is 0 Å². The Morgan fingerprint density at radius 3 is 1.73 bits per heavy atom. The van der Waals surface area contributed by atoms with Gasteiger partial charge in [-0.2, -0.15) is 0 Å². The van der Waals surface area contributed by atoms with Crippen LogP contribution in [0.4, 0.5) is 11.4 Å². The Bertz CT molecular complexity index is 1200. The molecule has 0 atom stereocenters. The lowest BCUT2D eigenvalue weighted by Crippen LogP contribution is -2.38. The van der Waals surface area contributed by atoms with Gasteiger partial charge in [-0.3, -0.25) is 14.4 Å².